The smallest absolute Gasteiger partial charge is 0.337 e. The second kappa shape index (κ2) is 4.69. The van der Waals surface area contributed by atoms with Crippen molar-refractivity contribution >= 4 is 23.4 Å². The van der Waals surface area contributed by atoms with Gasteiger partial charge in [-0.2, -0.15) is 5.10 Å². The molecule has 0 aliphatic heterocycles. The van der Waals surface area contributed by atoms with Crippen LogP contribution in [-0.4, -0.2) is 25.8 Å². The quantitative estimate of drug-likeness (QED) is 0.873. The summed E-state index contributed by atoms with van der Waals surface area (Å²) in [5.74, 6) is -1.04. The maximum Gasteiger partial charge on any atom is 0.337 e. The van der Waals surface area contributed by atoms with Gasteiger partial charge in [0.2, 0.25) is 0 Å². The first-order valence-electron chi connectivity index (χ1n) is 5.14. The van der Waals surface area contributed by atoms with Gasteiger partial charge in [0.05, 0.1) is 16.9 Å². The highest BCUT2D eigenvalue weighted by Crippen LogP contribution is 2.30. The van der Waals surface area contributed by atoms with Crippen molar-refractivity contribution < 1.29 is 9.90 Å². The average Bonchev–Trinajstić information content (AvgIpc) is 2.60. The first kappa shape index (κ1) is 12.4. The predicted octanol–water partition coefficient (Wildman–Crippen LogP) is 1.56. The number of rotatable bonds is 3. The average molecular weight is 264 g/mol. The minimum atomic E-state index is -1.04. The number of nitrogens with zero attached hydrogens (tertiary/aromatic N) is 3. The van der Waals surface area contributed by atoms with Crippen LogP contribution < -0.4 is 5.73 Å². The number of nitrogens with two attached hydrogens (primary N) is 1. The minimum Gasteiger partial charge on any atom is -0.478 e. The molecule has 6 nitrogen and oxygen atoms in total. The molecule has 0 atom stereocenters. The third-order valence-corrected chi connectivity index (χ3v) is 3.41. The van der Waals surface area contributed by atoms with Crippen molar-refractivity contribution in [2.75, 3.05) is 5.73 Å². The van der Waals surface area contributed by atoms with E-state index in [0.717, 1.165) is 10.7 Å². The Bertz CT molecular complexity index is 609. The van der Waals surface area contributed by atoms with Gasteiger partial charge in [-0.3, -0.25) is 4.68 Å². The fraction of sp³-hybridized carbons (Fsp3) is 0.182. The van der Waals surface area contributed by atoms with Crippen molar-refractivity contribution in [3.8, 4) is 0 Å². The van der Waals surface area contributed by atoms with Gasteiger partial charge in [0.1, 0.15) is 10.1 Å². The van der Waals surface area contributed by atoms with Crippen molar-refractivity contribution in [1.29, 1.82) is 0 Å². The number of hydrogen-bond acceptors (Lipinski definition) is 5. The predicted molar refractivity (Wildman–Crippen MR) is 67.7 cm³/mol. The highest BCUT2D eigenvalue weighted by molar-refractivity contribution is 7.99. The number of aromatic nitrogens is 3. The van der Waals surface area contributed by atoms with E-state index < -0.39 is 5.97 Å². The Kier molecular flexibility index (Phi) is 3.24. The number of pyridine rings is 1. The molecular formula is C11H12N4O2S. The molecule has 3 N–H and O–H groups in total. The van der Waals surface area contributed by atoms with E-state index in [-0.39, 0.29) is 5.56 Å². The van der Waals surface area contributed by atoms with Crippen LogP contribution in [0.15, 0.2) is 28.4 Å². The normalized spacial score (nSPS) is 10.6. The Labute approximate surface area is 108 Å². The molecule has 0 aliphatic carbocycles. The molecule has 0 bridgehead atoms. The highest BCUT2D eigenvalue weighted by Gasteiger charge is 2.11. The van der Waals surface area contributed by atoms with Crippen molar-refractivity contribution in [3.05, 3.63) is 29.6 Å². The monoisotopic (exact) mass is 264 g/mol. The minimum absolute atomic E-state index is 0.0815. The second-order valence-corrected chi connectivity index (χ2v) is 4.78. The summed E-state index contributed by atoms with van der Waals surface area (Å²) in [6, 6.07) is 3.32. The van der Waals surface area contributed by atoms with Gasteiger partial charge in [-0.1, -0.05) is 0 Å². The topological polar surface area (TPSA) is 94.0 Å². The van der Waals surface area contributed by atoms with Crippen LogP contribution >= 0.6 is 11.8 Å². The number of nitrogen functional groups attached to an aromatic ring is 1. The van der Waals surface area contributed by atoms with E-state index in [2.05, 4.69) is 10.1 Å². The number of anilines is 1. The Morgan fingerprint density at radius 1 is 1.50 bits per heavy atom. The van der Waals surface area contributed by atoms with Gasteiger partial charge in [-0.05, 0) is 30.8 Å². The van der Waals surface area contributed by atoms with Gasteiger partial charge in [-0.15, -0.1) is 0 Å². The molecule has 2 aromatic rings. The number of carboxylic acid groups (broad SMARTS) is 1. The first-order chi connectivity index (χ1) is 8.47. The zero-order chi connectivity index (χ0) is 13.3. The lowest BCUT2D eigenvalue weighted by Crippen LogP contribution is -2.01. The number of carbonyl (C=O) groups is 1. The lowest BCUT2D eigenvalue weighted by Gasteiger charge is -2.05. The summed E-state index contributed by atoms with van der Waals surface area (Å²) in [4.78, 5) is 14.8. The summed E-state index contributed by atoms with van der Waals surface area (Å²) in [6.45, 7) is 1.90. The van der Waals surface area contributed by atoms with E-state index in [1.165, 1.54) is 24.0 Å². The van der Waals surface area contributed by atoms with Crippen LogP contribution in [0, 0.1) is 6.92 Å². The fourth-order valence-electron chi connectivity index (χ4n) is 1.45. The SMILES string of the molecule is Cc1cc(Sc2ncc(C(=O)O)cc2N)n(C)n1. The largest absolute Gasteiger partial charge is 0.478 e. The van der Waals surface area contributed by atoms with Crippen LogP contribution in [0.1, 0.15) is 16.1 Å². The molecule has 7 heteroatoms. The molecule has 0 radical (unpaired) electrons. The maximum absolute atomic E-state index is 10.8. The van der Waals surface area contributed by atoms with Crippen LogP contribution in [0.3, 0.4) is 0 Å². The van der Waals surface area contributed by atoms with Crippen molar-refractivity contribution in [3.63, 3.8) is 0 Å². The van der Waals surface area contributed by atoms with Crippen molar-refractivity contribution in [2.24, 2.45) is 7.05 Å². The van der Waals surface area contributed by atoms with Crippen LogP contribution in [0.5, 0.6) is 0 Å². The molecule has 0 unspecified atom stereocenters. The number of carboxylic acids is 1. The highest BCUT2D eigenvalue weighted by atomic mass is 32.2. The maximum atomic E-state index is 10.8. The molecule has 0 aromatic carbocycles. The molecule has 18 heavy (non-hydrogen) atoms. The summed E-state index contributed by atoms with van der Waals surface area (Å²) >= 11 is 1.35. The molecule has 0 saturated carbocycles. The van der Waals surface area contributed by atoms with Crippen LogP contribution in [0.2, 0.25) is 0 Å². The van der Waals surface area contributed by atoms with E-state index in [4.69, 9.17) is 10.8 Å². The zero-order valence-corrected chi connectivity index (χ0v) is 10.7. The number of aromatic carboxylic acids is 1. The molecule has 0 aliphatic rings. The summed E-state index contributed by atoms with van der Waals surface area (Å²) in [5.41, 5.74) is 7.12. The third kappa shape index (κ3) is 2.45. The first-order valence-corrected chi connectivity index (χ1v) is 5.96. The van der Waals surface area contributed by atoms with Crippen LogP contribution in [-0.2, 0) is 7.05 Å². The van der Waals surface area contributed by atoms with E-state index in [1.54, 1.807) is 4.68 Å². The lowest BCUT2D eigenvalue weighted by atomic mass is 10.3. The van der Waals surface area contributed by atoms with Crippen LogP contribution in [0.25, 0.3) is 0 Å². The Balaban J connectivity index is 2.30. The van der Waals surface area contributed by atoms with E-state index in [9.17, 15) is 4.79 Å². The van der Waals surface area contributed by atoms with E-state index in [1.807, 2.05) is 20.0 Å². The van der Waals surface area contributed by atoms with Gasteiger partial charge < -0.3 is 10.8 Å². The summed E-state index contributed by atoms with van der Waals surface area (Å²) < 4.78 is 1.73. The summed E-state index contributed by atoms with van der Waals surface area (Å²) in [7, 11) is 1.83. The van der Waals surface area contributed by atoms with Gasteiger partial charge in [0, 0.05) is 13.2 Å². The lowest BCUT2D eigenvalue weighted by molar-refractivity contribution is 0.0696. The van der Waals surface area contributed by atoms with Gasteiger partial charge in [-0.25, -0.2) is 9.78 Å². The standard InChI is InChI=1S/C11H12N4O2S/c1-6-3-9(15(2)14-6)18-10-8(12)4-7(5-13-10)11(16)17/h3-5H,12H2,1-2H3,(H,16,17). The van der Waals surface area contributed by atoms with Crippen LogP contribution in [0.4, 0.5) is 5.69 Å². The second-order valence-electron chi connectivity index (χ2n) is 3.77. The molecule has 0 spiro atoms. The van der Waals surface area contributed by atoms with Crippen molar-refractivity contribution in [1.82, 2.24) is 14.8 Å². The molecule has 2 heterocycles. The third-order valence-electron chi connectivity index (χ3n) is 2.29. The van der Waals surface area contributed by atoms with Gasteiger partial charge in [0.15, 0.2) is 0 Å². The molecule has 0 saturated heterocycles. The van der Waals surface area contributed by atoms with E-state index >= 15 is 0 Å². The molecule has 94 valence electrons. The molecule has 2 rings (SSSR count). The molecule has 2 aromatic heterocycles. The Morgan fingerprint density at radius 3 is 2.72 bits per heavy atom. The van der Waals surface area contributed by atoms with Crippen molar-refractivity contribution in [2.45, 2.75) is 17.0 Å². The number of hydrogen-bond donors (Lipinski definition) is 2. The Hall–Kier alpha value is -2.02. The van der Waals surface area contributed by atoms with Gasteiger partial charge in [0.25, 0.3) is 0 Å². The summed E-state index contributed by atoms with van der Waals surface area (Å²) in [6.07, 6.45) is 1.30. The Morgan fingerprint density at radius 2 is 2.22 bits per heavy atom. The molecule has 0 amide bonds. The zero-order valence-electron chi connectivity index (χ0n) is 9.91. The summed E-state index contributed by atoms with van der Waals surface area (Å²) in [5, 5.41) is 14.5. The van der Waals surface area contributed by atoms with Gasteiger partial charge >= 0.3 is 5.97 Å². The fourth-order valence-corrected chi connectivity index (χ4v) is 2.34. The molecule has 0 fully saturated rings. The van der Waals surface area contributed by atoms with E-state index in [0.29, 0.717) is 10.7 Å². The number of aryl methyl sites for hydroxylation is 2. The molecular weight excluding hydrogens is 252 g/mol.